The number of benzene rings is 1. The van der Waals surface area contributed by atoms with Crippen molar-refractivity contribution >= 4 is 11.7 Å². The molecule has 122 valence electrons. The molecular formula is C16H15F3N2O2. The second-order valence-electron chi connectivity index (χ2n) is 6.27. The van der Waals surface area contributed by atoms with Gasteiger partial charge >= 0.3 is 12.1 Å². The van der Waals surface area contributed by atoms with Crippen molar-refractivity contribution in [2.75, 3.05) is 18.0 Å². The van der Waals surface area contributed by atoms with Crippen molar-refractivity contribution in [3.63, 3.8) is 0 Å². The number of carboxylic acids is 1. The van der Waals surface area contributed by atoms with Gasteiger partial charge in [0.15, 0.2) is 0 Å². The average Bonchev–Trinajstić information content (AvgIpc) is 3.03. The molecule has 1 saturated heterocycles. The number of alkyl halides is 3. The van der Waals surface area contributed by atoms with E-state index in [1.54, 1.807) is 6.07 Å². The molecule has 1 aromatic rings. The summed E-state index contributed by atoms with van der Waals surface area (Å²) in [7, 11) is 0. The van der Waals surface area contributed by atoms with Crippen molar-refractivity contribution in [1.29, 1.82) is 5.26 Å². The van der Waals surface area contributed by atoms with Crippen LogP contribution in [0, 0.1) is 22.7 Å². The molecule has 0 aromatic heterocycles. The number of halogens is 3. The Kier molecular flexibility index (Phi) is 3.51. The molecular weight excluding hydrogens is 309 g/mol. The highest BCUT2D eigenvalue weighted by atomic mass is 19.4. The summed E-state index contributed by atoms with van der Waals surface area (Å²) in [6, 6.07) is 5.16. The van der Waals surface area contributed by atoms with Gasteiger partial charge in [-0.3, -0.25) is 4.79 Å². The summed E-state index contributed by atoms with van der Waals surface area (Å²) in [5.74, 6) is -1.05. The van der Waals surface area contributed by atoms with Crippen LogP contribution in [0.2, 0.25) is 0 Å². The number of fused-ring (bicyclic) bond motifs is 1. The number of hydrogen-bond donors (Lipinski definition) is 1. The van der Waals surface area contributed by atoms with Crippen LogP contribution in [0.15, 0.2) is 18.2 Å². The van der Waals surface area contributed by atoms with Gasteiger partial charge in [-0.1, -0.05) is 6.42 Å². The second-order valence-corrected chi connectivity index (χ2v) is 6.27. The Morgan fingerprint density at radius 3 is 2.74 bits per heavy atom. The minimum Gasteiger partial charge on any atom is -0.481 e. The van der Waals surface area contributed by atoms with Crippen LogP contribution in [-0.4, -0.2) is 24.2 Å². The van der Waals surface area contributed by atoms with Gasteiger partial charge in [0.25, 0.3) is 0 Å². The molecule has 2 aliphatic rings. The molecule has 3 rings (SSSR count). The van der Waals surface area contributed by atoms with E-state index in [1.807, 2.05) is 0 Å². The number of aliphatic carboxylic acids is 1. The predicted molar refractivity (Wildman–Crippen MR) is 75.8 cm³/mol. The number of rotatable bonds is 2. The first-order valence-electron chi connectivity index (χ1n) is 7.37. The first-order valence-corrected chi connectivity index (χ1v) is 7.37. The number of carbonyl (C=O) groups is 1. The monoisotopic (exact) mass is 324 g/mol. The molecule has 0 amide bonds. The fourth-order valence-electron chi connectivity index (χ4n) is 3.93. The summed E-state index contributed by atoms with van der Waals surface area (Å²) in [6.45, 7) is 0.392. The first kappa shape index (κ1) is 15.7. The van der Waals surface area contributed by atoms with Gasteiger partial charge < -0.3 is 10.0 Å². The zero-order valence-electron chi connectivity index (χ0n) is 12.2. The minimum absolute atomic E-state index is 0.0356. The Morgan fingerprint density at radius 1 is 1.43 bits per heavy atom. The topological polar surface area (TPSA) is 64.3 Å². The quantitative estimate of drug-likeness (QED) is 0.907. The van der Waals surface area contributed by atoms with Crippen LogP contribution in [-0.2, 0) is 11.0 Å². The summed E-state index contributed by atoms with van der Waals surface area (Å²) >= 11 is 0. The van der Waals surface area contributed by atoms with Gasteiger partial charge in [0.05, 0.1) is 22.6 Å². The van der Waals surface area contributed by atoms with E-state index in [-0.39, 0.29) is 23.7 Å². The Labute approximate surface area is 131 Å². The van der Waals surface area contributed by atoms with Crippen LogP contribution in [0.4, 0.5) is 18.9 Å². The lowest BCUT2D eigenvalue weighted by molar-refractivity contribution is -0.149. The molecule has 1 heterocycles. The van der Waals surface area contributed by atoms with E-state index in [4.69, 9.17) is 5.26 Å². The van der Waals surface area contributed by atoms with Crippen molar-refractivity contribution in [2.24, 2.45) is 11.3 Å². The molecule has 1 aliphatic carbocycles. The van der Waals surface area contributed by atoms with Crippen molar-refractivity contribution < 1.29 is 23.1 Å². The number of nitrogens with zero attached hydrogens (tertiary/aromatic N) is 2. The molecule has 0 radical (unpaired) electrons. The van der Waals surface area contributed by atoms with Gasteiger partial charge in [0, 0.05) is 18.8 Å². The SMILES string of the molecule is N#Cc1ccc(N2C[C@@H]3CCC[C@@]3(C(=O)O)C2)c(C(F)(F)F)c1. The fraction of sp³-hybridized carbons (Fsp3) is 0.500. The van der Waals surface area contributed by atoms with Crippen LogP contribution in [0.25, 0.3) is 0 Å². The molecule has 4 nitrogen and oxygen atoms in total. The van der Waals surface area contributed by atoms with Gasteiger partial charge in [-0.2, -0.15) is 18.4 Å². The summed E-state index contributed by atoms with van der Waals surface area (Å²) in [4.78, 5) is 13.2. The smallest absolute Gasteiger partial charge is 0.418 e. The van der Waals surface area contributed by atoms with E-state index in [0.29, 0.717) is 13.0 Å². The van der Waals surface area contributed by atoms with Gasteiger partial charge in [0.2, 0.25) is 0 Å². The third-order valence-electron chi connectivity index (χ3n) is 5.07. The van der Waals surface area contributed by atoms with Crippen molar-refractivity contribution in [3.05, 3.63) is 29.3 Å². The molecule has 2 fully saturated rings. The zero-order chi connectivity index (χ0) is 16.8. The highest BCUT2D eigenvalue weighted by Crippen LogP contribution is 2.51. The highest BCUT2D eigenvalue weighted by Gasteiger charge is 2.55. The number of nitriles is 1. The standard InChI is InChI=1S/C16H15F3N2O2/c17-16(18,19)12-6-10(7-20)3-4-13(12)21-8-11-2-1-5-15(11,9-21)14(22)23/h3-4,6,11H,1-2,5,8-9H2,(H,22,23)/t11-,15+/m0/s1. The maximum absolute atomic E-state index is 13.3. The predicted octanol–water partition coefficient (Wildman–Crippen LogP) is 3.27. The van der Waals surface area contributed by atoms with Crippen molar-refractivity contribution in [1.82, 2.24) is 0 Å². The molecule has 0 bridgehead atoms. The molecule has 1 saturated carbocycles. The Morgan fingerprint density at radius 2 is 2.17 bits per heavy atom. The summed E-state index contributed by atoms with van der Waals surface area (Å²) in [6.07, 6.45) is -2.57. The largest absolute Gasteiger partial charge is 0.481 e. The van der Waals surface area contributed by atoms with Gasteiger partial charge in [-0.05, 0) is 37.0 Å². The van der Waals surface area contributed by atoms with Gasteiger partial charge in [-0.15, -0.1) is 0 Å². The average molecular weight is 324 g/mol. The molecule has 23 heavy (non-hydrogen) atoms. The first-order chi connectivity index (χ1) is 10.8. The highest BCUT2D eigenvalue weighted by molar-refractivity contribution is 5.78. The van der Waals surface area contributed by atoms with Crippen LogP contribution in [0.3, 0.4) is 0 Å². The lowest BCUT2D eigenvalue weighted by Gasteiger charge is -2.26. The molecule has 7 heteroatoms. The van der Waals surface area contributed by atoms with Crippen LogP contribution < -0.4 is 4.90 Å². The van der Waals surface area contributed by atoms with E-state index < -0.39 is 23.1 Å². The molecule has 0 unspecified atom stereocenters. The van der Waals surface area contributed by atoms with E-state index in [9.17, 15) is 23.1 Å². The van der Waals surface area contributed by atoms with Gasteiger partial charge in [-0.25, -0.2) is 0 Å². The minimum atomic E-state index is -4.59. The summed E-state index contributed by atoms with van der Waals surface area (Å²) < 4.78 is 39.9. The van der Waals surface area contributed by atoms with Crippen LogP contribution >= 0.6 is 0 Å². The lowest BCUT2D eigenvalue weighted by Crippen LogP contribution is -2.36. The normalized spacial score (nSPS) is 26.9. The van der Waals surface area contributed by atoms with Gasteiger partial charge in [0.1, 0.15) is 0 Å². The number of hydrogen-bond acceptors (Lipinski definition) is 3. The molecule has 1 aliphatic heterocycles. The molecule has 1 N–H and O–H groups in total. The van der Waals surface area contributed by atoms with Crippen LogP contribution in [0.5, 0.6) is 0 Å². The zero-order valence-corrected chi connectivity index (χ0v) is 12.2. The van der Waals surface area contributed by atoms with E-state index in [0.717, 1.165) is 18.9 Å². The Balaban J connectivity index is 2.01. The number of carboxylic acid groups (broad SMARTS) is 1. The Bertz CT molecular complexity index is 696. The van der Waals surface area contributed by atoms with E-state index in [1.165, 1.54) is 17.0 Å². The van der Waals surface area contributed by atoms with E-state index in [2.05, 4.69) is 0 Å². The summed E-state index contributed by atoms with van der Waals surface area (Å²) in [5.41, 5.74) is -1.92. The second kappa shape index (κ2) is 5.15. The van der Waals surface area contributed by atoms with Crippen molar-refractivity contribution in [2.45, 2.75) is 25.4 Å². The van der Waals surface area contributed by atoms with Crippen molar-refractivity contribution in [3.8, 4) is 6.07 Å². The maximum Gasteiger partial charge on any atom is 0.418 e. The third-order valence-corrected chi connectivity index (χ3v) is 5.07. The molecule has 0 spiro atoms. The summed E-state index contributed by atoms with van der Waals surface area (Å²) in [5, 5.41) is 18.4. The van der Waals surface area contributed by atoms with Crippen LogP contribution in [0.1, 0.15) is 30.4 Å². The fourth-order valence-corrected chi connectivity index (χ4v) is 3.93. The maximum atomic E-state index is 13.3. The lowest BCUT2D eigenvalue weighted by atomic mass is 9.81. The third kappa shape index (κ3) is 2.42. The number of anilines is 1. The molecule has 1 aromatic carbocycles. The molecule has 2 atom stereocenters. The Hall–Kier alpha value is -2.23. The van der Waals surface area contributed by atoms with E-state index >= 15 is 0 Å².